The summed E-state index contributed by atoms with van der Waals surface area (Å²) in [6.07, 6.45) is 0. The van der Waals surface area contributed by atoms with Gasteiger partial charge in [-0.15, -0.1) is 0 Å². The van der Waals surface area contributed by atoms with Crippen molar-refractivity contribution in [3.05, 3.63) is 47.9 Å². The summed E-state index contributed by atoms with van der Waals surface area (Å²) in [6, 6.07) is -2.64. The first-order valence-electron chi connectivity index (χ1n) is 9.88. The van der Waals surface area contributed by atoms with Crippen LogP contribution < -0.4 is 14.2 Å². The second-order valence-corrected chi connectivity index (χ2v) is 5.33. The molecule has 3 heteroatoms. The Bertz CT molecular complexity index is 937. The second-order valence-electron chi connectivity index (χ2n) is 5.33. The molecule has 0 radical (unpaired) electrons. The van der Waals surface area contributed by atoms with Crippen molar-refractivity contribution < 1.29 is 23.8 Å². The molecular weight excluding hydrogens is 264 g/mol. The third-order valence-corrected chi connectivity index (χ3v) is 2.69. The van der Waals surface area contributed by atoms with E-state index in [4.69, 9.17) is 23.8 Å². The van der Waals surface area contributed by atoms with Gasteiger partial charge in [-0.25, -0.2) is 0 Å². The zero-order chi connectivity index (χ0) is 21.5. The number of hydrogen-bond donors (Lipinski definition) is 0. The van der Waals surface area contributed by atoms with E-state index in [0.29, 0.717) is 0 Å². The van der Waals surface area contributed by atoms with Gasteiger partial charge in [-0.3, -0.25) is 0 Å². The highest BCUT2D eigenvalue weighted by molar-refractivity contribution is 5.47. The van der Waals surface area contributed by atoms with Crippen molar-refractivity contribution in [3.8, 4) is 23.0 Å². The molecule has 0 bridgehead atoms. The van der Waals surface area contributed by atoms with E-state index in [-0.39, 0.29) is 52.7 Å². The highest BCUT2D eigenvalue weighted by atomic mass is 16.5. The van der Waals surface area contributed by atoms with Gasteiger partial charge in [0.05, 0.1) is 23.8 Å². The summed E-state index contributed by atoms with van der Waals surface area (Å²) >= 11 is 0. The summed E-state index contributed by atoms with van der Waals surface area (Å²) in [5.41, 5.74) is -0.449. The lowest BCUT2D eigenvalue weighted by molar-refractivity contribution is 0.352. The highest BCUT2D eigenvalue weighted by Crippen LogP contribution is 2.34. The van der Waals surface area contributed by atoms with Crippen molar-refractivity contribution in [1.29, 1.82) is 0 Å². The van der Waals surface area contributed by atoms with Crippen LogP contribution in [0.1, 0.15) is 35.9 Å². The van der Waals surface area contributed by atoms with E-state index in [1.807, 2.05) is 0 Å². The molecule has 0 aliphatic rings. The van der Waals surface area contributed by atoms with E-state index >= 15 is 0 Å². The first kappa shape index (κ1) is 8.32. The summed E-state index contributed by atoms with van der Waals surface area (Å²) in [4.78, 5) is 0. The van der Waals surface area contributed by atoms with Crippen molar-refractivity contribution in [1.82, 2.24) is 0 Å². The molecule has 0 atom stereocenters. The van der Waals surface area contributed by atoms with Gasteiger partial charge in [0.1, 0.15) is 11.5 Å². The summed E-state index contributed by atoms with van der Waals surface area (Å²) in [5, 5.41) is 0. The molecule has 0 saturated heterocycles. The molecule has 0 fully saturated rings. The Morgan fingerprint density at radius 2 is 1.52 bits per heavy atom. The zero-order valence-corrected chi connectivity index (χ0v) is 12.7. The molecule has 0 saturated carbocycles. The van der Waals surface area contributed by atoms with E-state index in [0.717, 1.165) is 0 Å². The molecule has 0 aromatic heterocycles. The molecule has 2 rings (SSSR count). The molecule has 0 aliphatic carbocycles. The van der Waals surface area contributed by atoms with Crippen molar-refractivity contribution in [2.24, 2.45) is 0 Å². The van der Waals surface area contributed by atoms with E-state index in [2.05, 4.69) is 0 Å². The number of methoxy groups -OCH3 is 2. The maximum Gasteiger partial charge on any atom is 0.164 e. The van der Waals surface area contributed by atoms with Crippen LogP contribution in [0.5, 0.6) is 23.0 Å². The van der Waals surface area contributed by atoms with Crippen LogP contribution in [-0.4, -0.2) is 14.2 Å². The van der Waals surface area contributed by atoms with Gasteiger partial charge in [0.2, 0.25) is 0 Å². The topological polar surface area (TPSA) is 27.7 Å². The fourth-order valence-corrected chi connectivity index (χ4v) is 1.55. The third-order valence-electron chi connectivity index (χ3n) is 2.69. The molecule has 0 amide bonds. The van der Waals surface area contributed by atoms with Crippen LogP contribution in [0.2, 0.25) is 0 Å². The first-order valence-corrected chi connectivity index (χ1v) is 6.38. The molecule has 21 heavy (non-hydrogen) atoms. The van der Waals surface area contributed by atoms with Crippen molar-refractivity contribution in [2.45, 2.75) is 26.2 Å². The smallest absolute Gasteiger partial charge is 0.164 e. The van der Waals surface area contributed by atoms with Crippen LogP contribution in [0.15, 0.2) is 42.3 Å². The van der Waals surface area contributed by atoms with Crippen molar-refractivity contribution in [3.63, 3.8) is 0 Å². The summed E-state index contributed by atoms with van der Waals surface area (Å²) < 4.78 is 72.9. The molecule has 112 valence electrons. The standard InChI is InChI=1S/C18H22O3/c1-18(2,3)13-7-6-8-14(11-13)21-15-9-10-16(19-4)17(12-15)20-5/h6-12H,1-5H3/i6D,7D,8D,9D,10D,11D,12D. The fraction of sp³-hybridized carbons (Fsp3) is 0.333. The predicted octanol–water partition coefficient (Wildman–Crippen LogP) is 4.79. The van der Waals surface area contributed by atoms with Gasteiger partial charge < -0.3 is 14.2 Å². The Morgan fingerprint density at radius 1 is 0.857 bits per heavy atom. The van der Waals surface area contributed by atoms with Crippen LogP contribution in [-0.2, 0) is 5.41 Å². The lowest BCUT2D eigenvalue weighted by atomic mass is 9.87. The van der Waals surface area contributed by atoms with Crippen molar-refractivity contribution in [2.75, 3.05) is 14.2 Å². The quantitative estimate of drug-likeness (QED) is 0.811. The van der Waals surface area contributed by atoms with Crippen LogP contribution >= 0.6 is 0 Å². The molecule has 2 aromatic rings. The van der Waals surface area contributed by atoms with E-state index in [1.165, 1.54) is 14.2 Å². The normalized spacial score (nSPS) is 15.8. The SMILES string of the molecule is [2H]c1c([2H])c(Oc2c([2H])c([2H])c(OC)c(OC)c2[2H])c([2H])c(C(C)(C)C)c1[2H]. The van der Waals surface area contributed by atoms with Crippen LogP contribution in [0, 0.1) is 0 Å². The molecule has 0 unspecified atom stereocenters. The predicted molar refractivity (Wildman–Crippen MR) is 84.8 cm³/mol. The number of benzene rings is 2. The molecule has 3 nitrogen and oxygen atoms in total. The van der Waals surface area contributed by atoms with Gasteiger partial charge in [-0.1, -0.05) is 32.9 Å². The summed E-state index contributed by atoms with van der Waals surface area (Å²) in [7, 11) is 2.57. The largest absolute Gasteiger partial charge is 0.493 e. The Hall–Kier alpha value is -2.16. The number of rotatable bonds is 4. The minimum absolute atomic E-state index is 0.0971. The van der Waals surface area contributed by atoms with E-state index in [9.17, 15) is 0 Å². The lowest BCUT2D eigenvalue weighted by Gasteiger charge is -2.19. The Balaban J connectivity index is 2.81. The third kappa shape index (κ3) is 3.69. The average Bonchev–Trinajstić information content (AvgIpc) is 2.61. The Kier molecular flexibility index (Phi) is 2.41. The molecular formula is C18H22O3. The lowest BCUT2D eigenvalue weighted by Crippen LogP contribution is -2.10. The molecule has 2 aromatic carbocycles. The van der Waals surface area contributed by atoms with Crippen molar-refractivity contribution >= 4 is 0 Å². The maximum absolute atomic E-state index is 8.43. The molecule has 0 spiro atoms. The summed E-state index contributed by atoms with van der Waals surface area (Å²) in [5.74, 6) is -0.947. The highest BCUT2D eigenvalue weighted by Gasteiger charge is 2.14. The number of hydrogen-bond acceptors (Lipinski definition) is 3. The fourth-order valence-electron chi connectivity index (χ4n) is 1.55. The maximum atomic E-state index is 8.43. The monoisotopic (exact) mass is 293 g/mol. The first-order chi connectivity index (χ1) is 12.9. The number of ether oxygens (including phenoxy) is 3. The van der Waals surface area contributed by atoms with Gasteiger partial charge in [-0.2, -0.15) is 0 Å². The Labute approximate surface area is 136 Å². The molecule has 0 aliphatic heterocycles. The van der Waals surface area contributed by atoms with Gasteiger partial charge >= 0.3 is 0 Å². The van der Waals surface area contributed by atoms with E-state index in [1.54, 1.807) is 20.8 Å². The van der Waals surface area contributed by atoms with Crippen LogP contribution in [0.3, 0.4) is 0 Å². The Morgan fingerprint density at radius 3 is 2.14 bits per heavy atom. The molecule has 0 heterocycles. The second kappa shape index (κ2) is 6.08. The van der Waals surface area contributed by atoms with Gasteiger partial charge in [0.15, 0.2) is 11.5 Å². The van der Waals surface area contributed by atoms with E-state index < -0.39 is 23.5 Å². The molecule has 0 N–H and O–H groups in total. The van der Waals surface area contributed by atoms with Crippen LogP contribution in [0.25, 0.3) is 0 Å². The average molecular weight is 293 g/mol. The van der Waals surface area contributed by atoms with Gasteiger partial charge in [0.25, 0.3) is 0 Å². The minimum atomic E-state index is -0.665. The van der Waals surface area contributed by atoms with Crippen LogP contribution in [0.4, 0.5) is 0 Å². The van der Waals surface area contributed by atoms with Gasteiger partial charge in [-0.05, 0) is 35.1 Å². The summed E-state index contributed by atoms with van der Waals surface area (Å²) in [6.45, 7) is 5.32. The van der Waals surface area contributed by atoms with Gasteiger partial charge in [0, 0.05) is 6.04 Å². The zero-order valence-electron chi connectivity index (χ0n) is 19.7. The minimum Gasteiger partial charge on any atom is -0.493 e.